The first-order valence-electron chi connectivity index (χ1n) is 4.95. The van der Waals surface area contributed by atoms with Crippen LogP contribution in [0, 0.1) is 0 Å². The summed E-state index contributed by atoms with van der Waals surface area (Å²) in [4.78, 5) is 13.7. The van der Waals surface area contributed by atoms with Crippen molar-refractivity contribution in [3.63, 3.8) is 0 Å². The third-order valence-electron chi connectivity index (χ3n) is 2.42. The van der Waals surface area contributed by atoms with Crippen molar-refractivity contribution >= 4 is 17.7 Å². The van der Waals surface area contributed by atoms with Gasteiger partial charge in [0.1, 0.15) is 0 Å². The molecule has 82 valence electrons. The van der Waals surface area contributed by atoms with E-state index in [2.05, 4.69) is 27.5 Å². The molecule has 0 spiro atoms. The minimum absolute atomic E-state index is 0.123. The first kappa shape index (κ1) is 10.4. The maximum Gasteiger partial charge on any atom is 0.295 e. The van der Waals surface area contributed by atoms with E-state index in [4.69, 9.17) is 0 Å². The number of hydrogen-bond donors (Lipinski definition) is 1. The molecule has 1 N–H and O–H groups in total. The lowest BCUT2D eigenvalue weighted by atomic mass is 10.3. The van der Waals surface area contributed by atoms with Crippen LogP contribution in [-0.2, 0) is 0 Å². The predicted molar refractivity (Wildman–Crippen MR) is 56.6 cm³/mol. The number of nitrogens with zero attached hydrogens (tertiary/aromatic N) is 4. The third-order valence-corrected chi connectivity index (χ3v) is 3.79. The second kappa shape index (κ2) is 4.61. The van der Waals surface area contributed by atoms with Crippen LogP contribution in [0.5, 0.6) is 0 Å². The quantitative estimate of drug-likeness (QED) is 0.779. The molecule has 1 unspecified atom stereocenters. The molecule has 7 heteroatoms. The summed E-state index contributed by atoms with van der Waals surface area (Å²) in [5.41, 5.74) is 0. The number of thioether (sulfide) groups is 1. The average Bonchev–Trinajstić information content (AvgIpc) is 2.81. The van der Waals surface area contributed by atoms with Crippen LogP contribution in [0.15, 0.2) is 0 Å². The maximum absolute atomic E-state index is 11.9. The Labute approximate surface area is 91.8 Å². The van der Waals surface area contributed by atoms with Crippen LogP contribution in [0.25, 0.3) is 0 Å². The second-order valence-corrected chi connectivity index (χ2v) is 4.80. The van der Waals surface area contributed by atoms with Gasteiger partial charge in [-0.3, -0.25) is 4.79 Å². The molecule has 1 fully saturated rings. The molecule has 1 saturated heterocycles. The van der Waals surface area contributed by atoms with E-state index in [9.17, 15) is 4.79 Å². The van der Waals surface area contributed by atoms with Gasteiger partial charge in [-0.25, -0.2) is 0 Å². The van der Waals surface area contributed by atoms with Crippen molar-refractivity contribution in [2.45, 2.75) is 18.6 Å². The number of hydrogen-bond acceptors (Lipinski definition) is 5. The Hall–Kier alpha value is -1.11. The molecule has 1 aromatic rings. The second-order valence-electron chi connectivity index (χ2n) is 3.39. The monoisotopic (exact) mass is 227 g/mol. The summed E-state index contributed by atoms with van der Waals surface area (Å²) in [5, 5.41) is 13.6. The van der Waals surface area contributed by atoms with Gasteiger partial charge in [0.2, 0.25) is 0 Å². The molecule has 0 aromatic carbocycles. The Balaban J connectivity index is 2.01. The normalized spacial score (nSPS) is 21.7. The van der Waals surface area contributed by atoms with E-state index in [-0.39, 0.29) is 11.7 Å². The Morgan fingerprint density at radius 1 is 1.73 bits per heavy atom. The summed E-state index contributed by atoms with van der Waals surface area (Å²) in [5.74, 6) is 1.03. The number of nitrogens with one attached hydrogen (secondary N) is 1. The van der Waals surface area contributed by atoms with Gasteiger partial charge in [-0.2, -0.15) is 17.0 Å². The van der Waals surface area contributed by atoms with Gasteiger partial charge in [-0.1, -0.05) is 6.92 Å². The molecule has 0 aliphatic carbocycles. The summed E-state index contributed by atoms with van der Waals surface area (Å²) < 4.78 is 0. The number of rotatable bonds is 2. The number of carbonyl (C=O) groups is 1. The summed E-state index contributed by atoms with van der Waals surface area (Å²) in [6, 6.07) is 0. The third kappa shape index (κ3) is 2.28. The van der Waals surface area contributed by atoms with E-state index >= 15 is 0 Å². The molecule has 1 aliphatic heterocycles. The van der Waals surface area contributed by atoms with Crippen LogP contribution in [0.3, 0.4) is 0 Å². The minimum Gasteiger partial charge on any atom is -0.334 e. The Morgan fingerprint density at radius 3 is 3.27 bits per heavy atom. The van der Waals surface area contributed by atoms with Gasteiger partial charge in [0, 0.05) is 24.1 Å². The molecule has 1 atom stereocenters. The van der Waals surface area contributed by atoms with E-state index in [1.807, 2.05) is 11.8 Å². The first-order valence-corrected chi connectivity index (χ1v) is 6.00. The van der Waals surface area contributed by atoms with Crippen LogP contribution >= 0.6 is 11.8 Å². The molecule has 0 bridgehead atoms. The molecule has 15 heavy (non-hydrogen) atoms. The Kier molecular flexibility index (Phi) is 3.20. The lowest BCUT2D eigenvalue weighted by Crippen LogP contribution is -2.42. The van der Waals surface area contributed by atoms with E-state index < -0.39 is 0 Å². The van der Waals surface area contributed by atoms with Gasteiger partial charge < -0.3 is 4.90 Å². The average molecular weight is 227 g/mol. The van der Waals surface area contributed by atoms with Gasteiger partial charge >= 0.3 is 0 Å². The molecule has 2 heterocycles. The molecule has 0 radical (unpaired) electrons. The van der Waals surface area contributed by atoms with Crippen molar-refractivity contribution in [2.75, 3.05) is 18.8 Å². The number of amides is 1. The van der Waals surface area contributed by atoms with Crippen LogP contribution in [-0.4, -0.2) is 55.5 Å². The number of H-pyrrole nitrogens is 1. The largest absolute Gasteiger partial charge is 0.334 e. The molecule has 0 saturated carbocycles. The zero-order valence-corrected chi connectivity index (χ0v) is 9.33. The maximum atomic E-state index is 11.9. The Bertz CT molecular complexity index is 328. The number of carbonyl (C=O) groups excluding carboxylic acids is 1. The molecular weight excluding hydrogens is 214 g/mol. The zero-order chi connectivity index (χ0) is 10.7. The highest BCUT2D eigenvalue weighted by atomic mass is 32.2. The summed E-state index contributed by atoms with van der Waals surface area (Å²) >= 11 is 1.92. The van der Waals surface area contributed by atoms with E-state index in [0.29, 0.717) is 5.25 Å². The van der Waals surface area contributed by atoms with E-state index in [0.717, 1.165) is 25.3 Å². The van der Waals surface area contributed by atoms with E-state index in [1.165, 1.54) is 0 Å². The first-order chi connectivity index (χ1) is 7.31. The molecular formula is C8H13N5OS. The standard InChI is InChI=1S/C8H13N5OS/c1-2-6-5-13(3-4-15-6)8(14)7-9-11-12-10-7/h6H,2-5H2,1H3,(H,9,10,11,12). The van der Waals surface area contributed by atoms with Crippen LogP contribution in [0.4, 0.5) is 0 Å². The predicted octanol–water partition coefficient (Wildman–Crippen LogP) is 0.167. The fourth-order valence-electron chi connectivity index (χ4n) is 1.54. The van der Waals surface area contributed by atoms with Crippen molar-refractivity contribution in [1.82, 2.24) is 25.5 Å². The van der Waals surface area contributed by atoms with Crippen LogP contribution in [0.1, 0.15) is 24.0 Å². The summed E-state index contributed by atoms with van der Waals surface area (Å²) in [6.45, 7) is 3.70. The van der Waals surface area contributed by atoms with Gasteiger partial charge in [0.05, 0.1) is 0 Å². The van der Waals surface area contributed by atoms with E-state index in [1.54, 1.807) is 4.90 Å². The number of aromatic amines is 1. The highest BCUT2D eigenvalue weighted by Crippen LogP contribution is 2.21. The SMILES string of the molecule is CCC1CN(C(=O)c2nn[nH]n2)CCS1. The van der Waals surface area contributed by atoms with Crippen molar-refractivity contribution in [1.29, 1.82) is 0 Å². The highest BCUT2D eigenvalue weighted by Gasteiger charge is 2.25. The number of aromatic nitrogens is 4. The molecule has 1 aliphatic rings. The number of tetrazole rings is 1. The van der Waals surface area contributed by atoms with Gasteiger partial charge in [0.25, 0.3) is 11.7 Å². The highest BCUT2D eigenvalue weighted by molar-refractivity contribution is 8.00. The Morgan fingerprint density at radius 2 is 2.60 bits per heavy atom. The summed E-state index contributed by atoms with van der Waals surface area (Å²) in [7, 11) is 0. The van der Waals surface area contributed by atoms with Gasteiger partial charge in [-0.15, -0.1) is 10.2 Å². The van der Waals surface area contributed by atoms with Crippen molar-refractivity contribution in [2.24, 2.45) is 0 Å². The van der Waals surface area contributed by atoms with Crippen molar-refractivity contribution in [3.05, 3.63) is 5.82 Å². The van der Waals surface area contributed by atoms with Crippen molar-refractivity contribution in [3.8, 4) is 0 Å². The molecule has 1 aromatic heterocycles. The lowest BCUT2D eigenvalue weighted by molar-refractivity contribution is 0.0748. The lowest BCUT2D eigenvalue weighted by Gasteiger charge is -2.30. The molecule has 1 amide bonds. The van der Waals surface area contributed by atoms with Crippen LogP contribution in [0.2, 0.25) is 0 Å². The van der Waals surface area contributed by atoms with Gasteiger partial charge in [-0.05, 0) is 11.6 Å². The van der Waals surface area contributed by atoms with Crippen LogP contribution < -0.4 is 0 Å². The fourth-order valence-corrected chi connectivity index (χ4v) is 2.72. The van der Waals surface area contributed by atoms with Crippen molar-refractivity contribution < 1.29 is 4.79 Å². The summed E-state index contributed by atoms with van der Waals surface area (Å²) in [6.07, 6.45) is 1.08. The molecule has 2 rings (SSSR count). The fraction of sp³-hybridized carbons (Fsp3) is 0.750. The van der Waals surface area contributed by atoms with Gasteiger partial charge in [0.15, 0.2) is 0 Å². The zero-order valence-electron chi connectivity index (χ0n) is 8.51. The topological polar surface area (TPSA) is 74.8 Å². The smallest absolute Gasteiger partial charge is 0.295 e. The molecule has 6 nitrogen and oxygen atoms in total. The minimum atomic E-state index is -0.123.